The van der Waals surface area contributed by atoms with E-state index in [9.17, 15) is 8.42 Å². The smallest absolute Gasteiger partial charge is 0.211 e. The van der Waals surface area contributed by atoms with Gasteiger partial charge >= 0.3 is 0 Å². The number of hydrogen-bond donors (Lipinski definition) is 2. The molecule has 5 heteroatoms. The highest BCUT2D eigenvalue weighted by Crippen LogP contribution is 2.23. The van der Waals surface area contributed by atoms with Gasteiger partial charge in [0, 0.05) is 6.04 Å². The fraction of sp³-hybridized carbons (Fsp3) is 1.00. The molecule has 0 spiro atoms. The van der Waals surface area contributed by atoms with Crippen molar-refractivity contribution in [3.63, 3.8) is 0 Å². The van der Waals surface area contributed by atoms with Crippen LogP contribution in [-0.4, -0.2) is 33.3 Å². The molecule has 0 aromatic heterocycles. The molecule has 0 aliphatic heterocycles. The Labute approximate surface area is 112 Å². The quantitative estimate of drug-likeness (QED) is 0.665. The second-order valence-corrected chi connectivity index (χ2v) is 7.37. The molecule has 0 aromatic rings. The molecule has 1 aliphatic carbocycles. The zero-order chi connectivity index (χ0) is 13.4. The third-order valence-electron chi connectivity index (χ3n) is 3.56. The maximum Gasteiger partial charge on any atom is 0.211 e. The minimum absolute atomic E-state index is 0.176. The van der Waals surface area contributed by atoms with Crippen LogP contribution in [0.5, 0.6) is 0 Å². The van der Waals surface area contributed by atoms with Crippen molar-refractivity contribution in [1.82, 2.24) is 10.0 Å². The molecule has 1 fully saturated rings. The van der Waals surface area contributed by atoms with Crippen molar-refractivity contribution in [3.8, 4) is 0 Å². The first-order valence-corrected chi connectivity index (χ1v) is 8.89. The molecule has 0 heterocycles. The molecule has 1 saturated carbocycles. The molecule has 0 atom stereocenters. The van der Waals surface area contributed by atoms with Gasteiger partial charge in [-0.3, -0.25) is 0 Å². The fourth-order valence-electron chi connectivity index (χ4n) is 2.38. The number of rotatable bonds is 8. The topological polar surface area (TPSA) is 58.2 Å². The summed E-state index contributed by atoms with van der Waals surface area (Å²) in [6, 6.07) is 0.176. The Balaban J connectivity index is 2.18. The minimum Gasteiger partial charge on any atom is -0.317 e. The molecule has 0 amide bonds. The predicted octanol–water partition coefficient (Wildman–Crippen LogP) is 1.87. The summed E-state index contributed by atoms with van der Waals surface area (Å²) in [6.07, 6.45) is 6.06. The second kappa shape index (κ2) is 8.12. The van der Waals surface area contributed by atoms with Gasteiger partial charge in [0.25, 0.3) is 0 Å². The van der Waals surface area contributed by atoms with E-state index in [-0.39, 0.29) is 11.8 Å². The van der Waals surface area contributed by atoms with Crippen LogP contribution in [0.2, 0.25) is 0 Å². The Bertz CT molecular complexity index is 309. The monoisotopic (exact) mass is 276 g/mol. The summed E-state index contributed by atoms with van der Waals surface area (Å²) >= 11 is 0. The van der Waals surface area contributed by atoms with E-state index in [0.717, 1.165) is 51.1 Å². The molecule has 0 aromatic carbocycles. The zero-order valence-electron chi connectivity index (χ0n) is 11.7. The van der Waals surface area contributed by atoms with E-state index >= 15 is 0 Å². The summed E-state index contributed by atoms with van der Waals surface area (Å²) in [5, 5.41) is 3.22. The Morgan fingerprint density at radius 2 is 1.78 bits per heavy atom. The van der Waals surface area contributed by atoms with Crippen LogP contribution in [0.3, 0.4) is 0 Å². The maximum absolute atomic E-state index is 11.9. The van der Waals surface area contributed by atoms with Crippen molar-refractivity contribution in [3.05, 3.63) is 0 Å². The lowest BCUT2D eigenvalue weighted by molar-refractivity contribution is 0.332. The van der Waals surface area contributed by atoms with Crippen molar-refractivity contribution >= 4 is 10.0 Å². The molecule has 0 saturated heterocycles. The number of nitrogens with one attached hydrogen (secondary N) is 2. The zero-order valence-corrected chi connectivity index (χ0v) is 12.6. The third-order valence-corrected chi connectivity index (χ3v) is 5.07. The minimum atomic E-state index is -3.08. The summed E-state index contributed by atoms with van der Waals surface area (Å²) in [6.45, 7) is 6.10. The Kier molecular flexibility index (Phi) is 7.19. The van der Waals surface area contributed by atoms with Gasteiger partial charge in [-0.1, -0.05) is 13.8 Å². The molecule has 2 N–H and O–H groups in total. The average molecular weight is 276 g/mol. The Morgan fingerprint density at radius 1 is 1.11 bits per heavy atom. The third kappa shape index (κ3) is 6.71. The largest absolute Gasteiger partial charge is 0.317 e. The van der Waals surface area contributed by atoms with Gasteiger partial charge in [0.05, 0.1) is 5.75 Å². The van der Waals surface area contributed by atoms with E-state index in [4.69, 9.17) is 0 Å². The number of sulfonamides is 1. The van der Waals surface area contributed by atoms with E-state index in [1.165, 1.54) is 0 Å². The molecule has 0 unspecified atom stereocenters. The van der Waals surface area contributed by atoms with Crippen LogP contribution < -0.4 is 10.0 Å². The van der Waals surface area contributed by atoms with Gasteiger partial charge in [0.15, 0.2) is 0 Å². The van der Waals surface area contributed by atoms with E-state index in [1.54, 1.807) is 0 Å². The summed E-state index contributed by atoms with van der Waals surface area (Å²) in [7, 11) is -3.08. The second-order valence-electron chi connectivity index (χ2n) is 5.50. The van der Waals surface area contributed by atoms with Gasteiger partial charge in [-0.25, -0.2) is 13.1 Å². The van der Waals surface area contributed by atoms with Gasteiger partial charge in [-0.15, -0.1) is 0 Å². The molecular formula is C13H28N2O2S. The first kappa shape index (κ1) is 15.9. The highest BCUT2D eigenvalue weighted by atomic mass is 32.2. The van der Waals surface area contributed by atoms with Gasteiger partial charge in [0.2, 0.25) is 10.0 Å². The molecule has 0 radical (unpaired) electrons. The average Bonchev–Trinajstić information content (AvgIpc) is 2.31. The van der Waals surface area contributed by atoms with Crippen LogP contribution in [0.15, 0.2) is 0 Å². The fourth-order valence-corrected chi connectivity index (χ4v) is 3.77. The first-order chi connectivity index (χ1) is 8.53. The normalized spacial score (nSPS) is 25.2. The van der Waals surface area contributed by atoms with Crippen molar-refractivity contribution in [2.24, 2.45) is 5.92 Å². The highest BCUT2D eigenvalue weighted by Gasteiger charge is 2.22. The molecule has 108 valence electrons. The van der Waals surface area contributed by atoms with E-state index in [2.05, 4.69) is 23.9 Å². The summed E-state index contributed by atoms with van der Waals surface area (Å²) in [4.78, 5) is 0. The van der Waals surface area contributed by atoms with Crippen LogP contribution >= 0.6 is 0 Å². The van der Waals surface area contributed by atoms with Crippen molar-refractivity contribution < 1.29 is 8.42 Å². The van der Waals surface area contributed by atoms with Gasteiger partial charge in [0.1, 0.15) is 0 Å². The van der Waals surface area contributed by atoms with E-state index in [0.29, 0.717) is 6.42 Å². The summed E-state index contributed by atoms with van der Waals surface area (Å²) < 4.78 is 26.6. The van der Waals surface area contributed by atoms with Crippen LogP contribution in [0.25, 0.3) is 0 Å². The van der Waals surface area contributed by atoms with Crippen LogP contribution in [0.1, 0.15) is 52.4 Å². The lowest BCUT2D eigenvalue weighted by atomic mass is 9.88. The SMILES string of the molecule is CCCNCCCS(=O)(=O)NC1CCC(C)CC1. The first-order valence-electron chi connectivity index (χ1n) is 7.24. The predicted molar refractivity (Wildman–Crippen MR) is 76.1 cm³/mol. The summed E-state index contributed by atoms with van der Waals surface area (Å²) in [5.74, 6) is 1.000. The van der Waals surface area contributed by atoms with Crippen LogP contribution in [-0.2, 0) is 10.0 Å². The Hall–Kier alpha value is -0.130. The standard InChI is InChI=1S/C13H28N2O2S/c1-3-9-14-10-4-11-18(16,17)15-13-7-5-12(2)6-8-13/h12-15H,3-11H2,1-2H3. The Morgan fingerprint density at radius 3 is 2.39 bits per heavy atom. The highest BCUT2D eigenvalue weighted by molar-refractivity contribution is 7.89. The number of hydrogen-bond acceptors (Lipinski definition) is 3. The van der Waals surface area contributed by atoms with Crippen molar-refractivity contribution in [2.75, 3.05) is 18.8 Å². The maximum atomic E-state index is 11.9. The lowest BCUT2D eigenvalue weighted by Crippen LogP contribution is -2.39. The van der Waals surface area contributed by atoms with Gasteiger partial charge in [-0.2, -0.15) is 0 Å². The summed E-state index contributed by atoms with van der Waals surface area (Å²) in [5.41, 5.74) is 0. The molecular weight excluding hydrogens is 248 g/mol. The van der Waals surface area contributed by atoms with E-state index in [1.807, 2.05) is 0 Å². The molecule has 1 aliphatic rings. The van der Waals surface area contributed by atoms with Crippen LogP contribution in [0, 0.1) is 5.92 Å². The van der Waals surface area contributed by atoms with Crippen molar-refractivity contribution in [1.29, 1.82) is 0 Å². The van der Waals surface area contributed by atoms with Crippen molar-refractivity contribution in [2.45, 2.75) is 58.4 Å². The van der Waals surface area contributed by atoms with Gasteiger partial charge in [-0.05, 0) is 57.5 Å². The molecule has 18 heavy (non-hydrogen) atoms. The molecule has 4 nitrogen and oxygen atoms in total. The van der Waals surface area contributed by atoms with E-state index < -0.39 is 10.0 Å². The molecule has 1 rings (SSSR count). The molecule has 0 bridgehead atoms. The van der Waals surface area contributed by atoms with Gasteiger partial charge < -0.3 is 5.32 Å². The lowest BCUT2D eigenvalue weighted by Gasteiger charge is -2.26. The van der Waals surface area contributed by atoms with Crippen LogP contribution in [0.4, 0.5) is 0 Å².